The Bertz CT molecular complexity index is 347. The first kappa shape index (κ1) is 16.2. The van der Waals surface area contributed by atoms with Crippen molar-refractivity contribution in [1.82, 2.24) is 0 Å². The first-order valence-electron chi connectivity index (χ1n) is 5.62. The number of aliphatic hydroxyl groups excluding tert-OH is 2. The van der Waals surface area contributed by atoms with Gasteiger partial charge in [0.05, 0.1) is 13.2 Å². The Kier molecular flexibility index (Phi) is 6.52. The van der Waals surface area contributed by atoms with Gasteiger partial charge in [-0.25, -0.2) is 0 Å². The van der Waals surface area contributed by atoms with Gasteiger partial charge in [-0.05, 0) is 30.0 Å². The third kappa shape index (κ3) is 6.50. The van der Waals surface area contributed by atoms with Crippen LogP contribution in [-0.2, 0) is 4.43 Å². The van der Waals surface area contributed by atoms with Gasteiger partial charge in [0.2, 0.25) is 0 Å². The smallest absolute Gasteiger partial charge is 0.193 e. The van der Waals surface area contributed by atoms with E-state index in [0.717, 1.165) is 0 Å². The topological polar surface area (TPSA) is 49.7 Å². The third-order valence-electron chi connectivity index (χ3n) is 2.87. The van der Waals surface area contributed by atoms with Crippen LogP contribution in [0.15, 0.2) is 0 Å². The number of aliphatic hydroxyl groups is 2. The second-order valence-electron chi connectivity index (χ2n) is 5.32. The highest BCUT2D eigenvalue weighted by Crippen LogP contribution is 2.36. The van der Waals surface area contributed by atoms with Crippen molar-refractivity contribution in [3.05, 3.63) is 0 Å². The van der Waals surface area contributed by atoms with Crippen molar-refractivity contribution in [2.75, 3.05) is 13.2 Å². The minimum absolute atomic E-state index is 0.174. The quantitative estimate of drug-likeness (QED) is 0.591. The van der Waals surface area contributed by atoms with E-state index in [1.807, 2.05) is 0 Å². The van der Waals surface area contributed by atoms with E-state index in [2.05, 4.69) is 57.5 Å². The molecule has 0 aromatic heterocycles. The average molecular weight is 254 g/mol. The second kappa shape index (κ2) is 6.83. The van der Waals surface area contributed by atoms with Crippen LogP contribution in [0.2, 0.25) is 18.1 Å². The summed E-state index contributed by atoms with van der Waals surface area (Å²) >= 11 is 0. The van der Waals surface area contributed by atoms with Crippen molar-refractivity contribution in [2.45, 2.75) is 45.0 Å². The van der Waals surface area contributed by atoms with Gasteiger partial charge in [0.15, 0.2) is 8.32 Å². The lowest BCUT2D eigenvalue weighted by Crippen LogP contribution is -2.40. The van der Waals surface area contributed by atoms with Crippen LogP contribution in [-0.4, -0.2) is 37.8 Å². The monoisotopic (exact) mass is 254 g/mol. The summed E-state index contributed by atoms with van der Waals surface area (Å²) < 4.78 is 5.81. The van der Waals surface area contributed by atoms with Crippen LogP contribution >= 0.6 is 0 Å². The molecule has 0 rings (SSSR count). The lowest BCUT2D eigenvalue weighted by Gasteiger charge is -2.35. The van der Waals surface area contributed by atoms with Gasteiger partial charge < -0.3 is 14.6 Å². The second-order valence-corrected chi connectivity index (χ2v) is 10.1. The molecule has 17 heavy (non-hydrogen) atoms. The molecule has 0 aliphatic rings. The summed E-state index contributed by atoms with van der Waals surface area (Å²) in [5, 5.41) is 17.6. The molecule has 0 saturated carbocycles. The molecule has 3 nitrogen and oxygen atoms in total. The molecule has 0 amide bonds. The van der Waals surface area contributed by atoms with E-state index in [9.17, 15) is 0 Å². The minimum Gasteiger partial charge on any atom is -0.406 e. The predicted molar refractivity (Wildman–Crippen MR) is 71.8 cm³/mol. The Morgan fingerprint density at radius 1 is 1.24 bits per heavy atom. The largest absolute Gasteiger partial charge is 0.406 e. The Morgan fingerprint density at radius 2 is 1.82 bits per heavy atom. The molecule has 0 unspecified atom stereocenters. The molecule has 4 heteroatoms. The Labute approximate surface area is 105 Å². The highest BCUT2D eigenvalue weighted by molar-refractivity contribution is 6.74. The van der Waals surface area contributed by atoms with E-state index in [-0.39, 0.29) is 11.6 Å². The first-order chi connectivity index (χ1) is 7.70. The fourth-order valence-electron chi connectivity index (χ4n) is 0.678. The molecular weight excluding hydrogens is 232 g/mol. The fraction of sp³-hybridized carbons (Fsp3) is 0.692. The maximum absolute atomic E-state index is 8.93. The lowest BCUT2D eigenvalue weighted by molar-refractivity contribution is 0.138. The Hall–Kier alpha value is -0.783. The van der Waals surface area contributed by atoms with E-state index in [1.165, 1.54) is 0 Å². The van der Waals surface area contributed by atoms with Gasteiger partial charge in [0, 0.05) is 0 Å². The molecule has 0 aromatic carbocycles. The van der Waals surface area contributed by atoms with Crippen LogP contribution in [0.5, 0.6) is 0 Å². The fourth-order valence-corrected chi connectivity index (χ4v) is 1.54. The molecule has 1 atom stereocenters. The average Bonchev–Trinajstić information content (AvgIpc) is 2.21. The molecule has 0 spiro atoms. The zero-order valence-corrected chi connectivity index (χ0v) is 12.3. The molecule has 0 radical (unpaired) electrons. The van der Waals surface area contributed by atoms with Crippen LogP contribution in [0, 0.1) is 23.7 Å². The Morgan fingerprint density at radius 3 is 2.29 bits per heavy atom. The van der Waals surface area contributed by atoms with Crippen LogP contribution in [0.25, 0.3) is 0 Å². The van der Waals surface area contributed by atoms with Crippen molar-refractivity contribution in [2.24, 2.45) is 0 Å². The van der Waals surface area contributed by atoms with E-state index < -0.39 is 14.4 Å². The van der Waals surface area contributed by atoms with Crippen molar-refractivity contribution in [3.63, 3.8) is 0 Å². The third-order valence-corrected chi connectivity index (χ3v) is 7.35. The van der Waals surface area contributed by atoms with E-state index in [1.54, 1.807) is 0 Å². The predicted octanol–water partition coefficient (Wildman–Crippen LogP) is 1.37. The van der Waals surface area contributed by atoms with Crippen LogP contribution < -0.4 is 0 Å². The normalized spacial score (nSPS) is 13.1. The number of rotatable bonds is 3. The van der Waals surface area contributed by atoms with E-state index in [4.69, 9.17) is 14.6 Å². The van der Waals surface area contributed by atoms with Gasteiger partial charge in [0.1, 0.15) is 6.10 Å². The molecule has 96 valence electrons. The maximum atomic E-state index is 8.93. The van der Waals surface area contributed by atoms with Gasteiger partial charge >= 0.3 is 0 Å². The molecule has 0 aromatic rings. The summed E-state index contributed by atoms with van der Waals surface area (Å²) in [5.41, 5.74) is 0. The maximum Gasteiger partial charge on any atom is 0.193 e. The SMILES string of the molecule is CC(C)(C)[Si](C)(C)OCC#CC#C[C@H](O)CO. The van der Waals surface area contributed by atoms with Crippen molar-refractivity contribution >= 4 is 8.32 Å². The molecule has 0 aliphatic heterocycles. The number of hydrogen-bond acceptors (Lipinski definition) is 3. The van der Waals surface area contributed by atoms with E-state index in [0.29, 0.717) is 6.61 Å². The summed E-state index contributed by atoms with van der Waals surface area (Å²) in [6.45, 7) is 10.8. The highest BCUT2D eigenvalue weighted by Gasteiger charge is 2.36. The molecular formula is C13H22O3Si. The van der Waals surface area contributed by atoms with Gasteiger partial charge in [-0.2, -0.15) is 0 Å². The van der Waals surface area contributed by atoms with Gasteiger partial charge in [0.25, 0.3) is 0 Å². The van der Waals surface area contributed by atoms with Gasteiger partial charge in [-0.15, -0.1) is 0 Å². The summed E-state index contributed by atoms with van der Waals surface area (Å²) in [7, 11) is -1.73. The summed E-state index contributed by atoms with van der Waals surface area (Å²) in [5.74, 6) is 10.3. The zero-order chi connectivity index (χ0) is 13.5. The molecule has 2 N–H and O–H groups in total. The molecule has 0 saturated heterocycles. The van der Waals surface area contributed by atoms with Crippen molar-refractivity contribution < 1.29 is 14.6 Å². The summed E-state index contributed by atoms with van der Waals surface area (Å²) in [6.07, 6.45) is -1.01. The summed E-state index contributed by atoms with van der Waals surface area (Å²) in [6, 6.07) is 0. The standard InChI is InChI=1S/C13H22O3Si/c1-13(2,3)17(4,5)16-10-8-6-7-9-12(15)11-14/h12,14-15H,10-11H2,1-5H3/t12-/m0/s1. The van der Waals surface area contributed by atoms with Crippen LogP contribution in [0.3, 0.4) is 0 Å². The number of hydrogen-bond donors (Lipinski definition) is 2. The first-order valence-corrected chi connectivity index (χ1v) is 8.53. The van der Waals surface area contributed by atoms with Crippen LogP contribution in [0.4, 0.5) is 0 Å². The van der Waals surface area contributed by atoms with Crippen molar-refractivity contribution in [3.8, 4) is 23.7 Å². The van der Waals surface area contributed by atoms with Gasteiger partial charge in [-0.1, -0.05) is 32.6 Å². The Balaban J connectivity index is 4.16. The molecule has 0 aliphatic carbocycles. The van der Waals surface area contributed by atoms with E-state index >= 15 is 0 Å². The minimum atomic E-state index is -1.73. The molecule has 0 bridgehead atoms. The highest BCUT2D eigenvalue weighted by atomic mass is 28.4. The molecule has 0 heterocycles. The zero-order valence-electron chi connectivity index (χ0n) is 11.3. The lowest BCUT2D eigenvalue weighted by atomic mass is 10.2. The summed E-state index contributed by atoms with van der Waals surface area (Å²) in [4.78, 5) is 0. The van der Waals surface area contributed by atoms with Crippen molar-refractivity contribution in [1.29, 1.82) is 0 Å². The van der Waals surface area contributed by atoms with Crippen LogP contribution in [0.1, 0.15) is 20.8 Å². The molecule has 0 fully saturated rings. The van der Waals surface area contributed by atoms with Gasteiger partial charge in [-0.3, -0.25) is 0 Å².